The van der Waals surface area contributed by atoms with Crippen LogP contribution >= 0.6 is 0 Å². The van der Waals surface area contributed by atoms with Crippen LogP contribution in [0, 0.1) is 39.7 Å². The van der Waals surface area contributed by atoms with Crippen molar-refractivity contribution in [3.05, 3.63) is 34.4 Å². The second kappa shape index (κ2) is 6.69. The summed E-state index contributed by atoms with van der Waals surface area (Å²) in [5.74, 6) is 8.14. The Morgan fingerprint density at radius 1 is 1.17 bits per heavy atom. The normalized spacial score (nSPS) is 25.0. The van der Waals surface area contributed by atoms with Crippen molar-refractivity contribution < 1.29 is 19.2 Å². The predicted octanol–water partition coefficient (Wildman–Crippen LogP) is 3.55. The Bertz CT molecular complexity index is 640. The number of ether oxygens (including phenoxy) is 2. The summed E-state index contributed by atoms with van der Waals surface area (Å²) in [6.07, 6.45) is 3.22. The fraction of sp³-hybridized carbons (Fsp3) is 0.471. The lowest BCUT2D eigenvalue weighted by atomic mass is 10.1. The summed E-state index contributed by atoms with van der Waals surface area (Å²) in [6.45, 7) is 0.362. The maximum Gasteiger partial charge on any atom is 0.513 e. The van der Waals surface area contributed by atoms with Crippen LogP contribution in [0.25, 0.3) is 0 Å². The van der Waals surface area contributed by atoms with E-state index in [0.29, 0.717) is 24.4 Å². The van der Waals surface area contributed by atoms with E-state index in [9.17, 15) is 14.9 Å². The van der Waals surface area contributed by atoms with E-state index in [1.165, 1.54) is 24.3 Å². The summed E-state index contributed by atoms with van der Waals surface area (Å²) >= 11 is 0. The van der Waals surface area contributed by atoms with Gasteiger partial charge in [-0.05, 0) is 42.7 Å². The van der Waals surface area contributed by atoms with Crippen LogP contribution in [0.1, 0.15) is 25.7 Å². The maximum atomic E-state index is 11.7. The minimum atomic E-state index is -0.769. The molecule has 1 aromatic rings. The van der Waals surface area contributed by atoms with Crippen molar-refractivity contribution in [1.29, 1.82) is 0 Å². The minimum absolute atomic E-state index is 0.0536. The molecule has 0 aliphatic heterocycles. The van der Waals surface area contributed by atoms with E-state index in [1.807, 2.05) is 0 Å². The van der Waals surface area contributed by atoms with E-state index in [0.717, 1.165) is 25.7 Å². The standard InChI is InChI=1S/C17H17NO5/c19-17(23-13-9-7-12(8-10-13)18(20)21)22-11-16-14-5-3-1-2-4-6-15(14)16/h7-10,14-16H,3-6,11H2/t14-,15+,16-. The molecule has 120 valence electrons. The van der Waals surface area contributed by atoms with Gasteiger partial charge in [0.15, 0.2) is 0 Å². The lowest BCUT2D eigenvalue weighted by Crippen LogP contribution is -2.13. The first-order valence-electron chi connectivity index (χ1n) is 7.70. The third-order valence-corrected chi connectivity index (χ3v) is 4.48. The number of nitro benzene ring substituents is 1. The van der Waals surface area contributed by atoms with Crippen LogP contribution < -0.4 is 4.74 Å². The summed E-state index contributed by atoms with van der Waals surface area (Å²) < 4.78 is 10.2. The monoisotopic (exact) mass is 315 g/mol. The van der Waals surface area contributed by atoms with Crippen molar-refractivity contribution in [3.8, 4) is 17.6 Å². The quantitative estimate of drug-likeness (QED) is 0.279. The topological polar surface area (TPSA) is 78.7 Å². The van der Waals surface area contributed by atoms with Crippen molar-refractivity contribution in [1.82, 2.24) is 0 Å². The van der Waals surface area contributed by atoms with Gasteiger partial charge in [0, 0.05) is 25.0 Å². The van der Waals surface area contributed by atoms with Crippen LogP contribution in [0.2, 0.25) is 0 Å². The fourth-order valence-corrected chi connectivity index (χ4v) is 3.21. The smallest absolute Gasteiger partial charge is 0.434 e. The lowest BCUT2D eigenvalue weighted by Gasteiger charge is -2.05. The number of nitrogens with zero attached hydrogens (tertiary/aromatic N) is 1. The van der Waals surface area contributed by atoms with Crippen molar-refractivity contribution in [3.63, 3.8) is 0 Å². The van der Waals surface area contributed by atoms with Gasteiger partial charge in [0.1, 0.15) is 5.75 Å². The van der Waals surface area contributed by atoms with Crippen molar-refractivity contribution >= 4 is 11.8 Å². The predicted molar refractivity (Wildman–Crippen MR) is 81.8 cm³/mol. The van der Waals surface area contributed by atoms with Crippen LogP contribution in [0.3, 0.4) is 0 Å². The molecule has 3 rings (SSSR count). The van der Waals surface area contributed by atoms with E-state index >= 15 is 0 Å². The number of hydrogen-bond acceptors (Lipinski definition) is 5. The van der Waals surface area contributed by atoms with E-state index in [-0.39, 0.29) is 11.4 Å². The number of carbonyl (C=O) groups excluding carboxylic acids is 1. The molecule has 6 nitrogen and oxygen atoms in total. The first-order valence-corrected chi connectivity index (χ1v) is 7.70. The molecule has 0 bridgehead atoms. The molecule has 0 unspecified atom stereocenters. The molecule has 1 fully saturated rings. The van der Waals surface area contributed by atoms with Crippen LogP contribution in [0.15, 0.2) is 24.3 Å². The third kappa shape index (κ3) is 3.81. The largest absolute Gasteiger partial charge is 0.513 e. The maximum absolute atomic E-state index is 11.7. The number of nitro groups is 1. The zero-order valence-corrected chi connectivity index (χ0v) is 12.6. The number of non-ortho nitro benzene ring substituents is 1. The zero-order valence-electron chi connectivity index (χ0n) is 12.6. The molecule has 0 radical (unpaired) electrons. The number of hydrogen-bond donors (Lipinski definition) is 0. The van der Waals surface area contributed by atoms with Crippen LogP contribution in [-0.2, 0) is 4.74 Å². The molecule has 3 atom stereocenters. The SMILES string of the molecule is O=C(OC[C@@H]1[C@@H]2CCC#CCC[C@@H]21)Oc1ccc([N+](=O)[O-])cc1. The van der Waals surface area contributed by atoms with E-state index in [1.54, 1.807) is 0 Å². The zero-order chi connectivity index (χ0) is 16.2. The summed E-state index contributed by atoms with van der Waals surface area (Å²) in [6, 6.07) is 5.32. The molecule has 0 amide bonds. The van der Waals surface area contributed by atoms with Gasteiger partial charge in [-0.1, -0.05) is 0 Å². The Hall–Kier alpha value is -2.55. The molecule has 1 saturated carbocycles. The number of benzene rings is 1. The Morgan fingerprint density at radius 2 is 1.78 bits per heavy atom. The fourth-order valence-electron chi connectivity index (χ4n) is 3.21. The van der Waals surface area contributed by atoms with Gasteiger partial charge < -0.3 is 9.47 Å². The van der Waals surface area contributed by atoms with Crippen molar-refractivity contribution in [2.75, 3.05) is 6.61 Å². The molecule has 23 heavy (non-hydrogen) atoms. The molecule has 2 aliphatic rings. The Morgan fingerprint density at radius 3 is 2.35 bits per heavy atom. The molecule has 0 saturated heterocycles. The van der Waals surface area contributed by atoms with Gasteiger partial charge in [-0.25, -0.2) is 4.79 Å². The highest BCUT2D eigenvalue weighted by molar-refractivity contribution is 5.64. The molecule has 0 N–H and O–H groups in total. The van der Waals surface area contributed by atoms with Gasteiger partial charge in [0.2, 0.25) is 0 Å². The summed E-state index contributed by atoms with van der Waals surface area (Å²) in [4.78, 5) is 21.7. The first-order chi connectivity index (χ1) is 11.1. The van der Waals surface area contributed by atoms with Gasteiger partial charge in [-0.15, -0.1) is 11.8 Å². The highest BCUT2D eigenvalue weighted by atomic mass is 16.7. The molecule has 0 spiro atoms. The van der Waals surface area contributed by atoms with Crippen LogP contribution in [0.5, 0.6) is 5.75 Å². The molecular weight excluding hydrogens is 298 g/mol. The second-order valence-electron chi connectivity index (χ2n) is 5.84. The van der Waals surface area contributed by atoms with Gasteiger partial charge in [-0.3, -0.25) is 10.1 Å². The Kier molecular flexibility index (Phi) is 4.47. The van der Waals surface area contributed by atoms with Gasteiger partial charge in [0.05, 0.1) is 11.5 Å². The average molecular weight is 315 g/mol. The van der Waals surface area contributed by atoms with E-state index in [4.69, 9.17) is 9.47 Å². The summed E-state index contributed by atoms with van der Waals surface area (Å²) in [5, 5.41) is 10.6. The molecule has 0 heterocycles. The molecular formula is C17H17NO5. The second-order valence-corrected chi connectivity index (χ2v) is 5.84. The van der Waals surface area contributed by atoms with Crippen LogP contribution in [0.4, 0.5) is 10.5 Å². The number of rotatable bonds is 4. The molecule has 6 heteroatoms. The highest BCUT2D eigenvalue weighted by Crippen LogP contribution is 2.52. The summed E-state index contributed by atoms with van der Waals surface area (Å²) in [5.41, 5.74) is -0.0536. The van der Waals surface area contributed by atoms with Gasteiger partial charge >= 0.3 is 6.16 Å². The van der Waals surface area contributed by atoms with Crippen molar-refractivity contribution in [2.24, 2.45) is 17.8 Å². The molecule has 1 aromatic carbocycles. The number of carbonyl (C=O) groups is 1. The summed E-state index contributed by atoms with van der Waals surface area (Å²) in [7, 11) is 0. The minimum Gasteiger partial charge on any atom is -0.434 e. The molecule has 2 aliphatic carbocycles. The third-order valence-electron chi connectivity index (χ3n) is 4.48. The van der Waals surface area contributed by atoms with E-state index in [2.05, 4.69) is 11.8 Å². The van der Waals surface area contributed by atoms with Crippen LogP contribution in [-0.4, -0.2) is 17.7 Å². The Balaban J connectivity index is 1.44. The van der Waals surface area contributed by atoms with Gasteiger partial charge in [0.25, 0.3) is 5.69 Å². The van der Waals surface area contributed by atoms with Gasteiger partial charge in [-0.2, -0.15) is 0 Å². The molecule has 0 aromatic heterocycles. The Labute approximate surface area is 133 Å². The van der Waals surface area contributed by atoms with E-state index < -0.39 is 11.1 Å². The average Bonchev–Trinajstić information content (AvgIpc) is 3.15. The lowest BCUT2D eigenvalue weighted by molar-refractivity contribution is -0.384. The first kappa shape index (κ1) is 15.3. The highest BCUT2D eigenvalue weighted by Gasteiger charge is 2.49. The number of fused-ring (bicyclic) bond motifs is 1. The van der Waals surface area contributed by atoms with Crippen molar-refractivity contribution in [2.45, 2.75) is 25.7 Å².